The summed E-state index contributed by atoms with van der Waals surface area (Å²) in [4.78, 5) is 0. The Morgan fingerprint density at radius 3 is 2.33 bits per heavy atom. The molecule has 0 aliphatic carbocycles. The van der Waals surface area contributed by atoms with Gasteiger partial charge in [0.2, 0.25) is 0 Å². The van der Waals surface area contributed by atoms with Crippen LogP contribution >= 0.6 is 15.9 Å². The highest BCUT2D eigenvalue weighted by Crippen LogP contribution is 2.24. The van der Waals surface area contributed by atoms with Crippen molar-refractivity contribution in [1.82, 2.24) is 0 Å². The minimum Gasteiger partial charge on any atom is -0.378 e. The van der Waals surface area contributed by atoms with E-state index in [1.165, 1.54) is 18.2 Å². The molecule has 0 amide bonds. The van der Waals surface area contributed by atoms with Crippen molar-refractivity contribution in [3.63, 3.8) is 0 Å². The van der Waals surface area contributed by atoms with Gasteiger partial charge in [-0.1, -0.05) is 22.0 Å². The van der Waals surface area contributed by atoms with Crippen LogP contribution in [0.5, 0.6) is 0 Å². The maximum Gasteiger partial charge on any atom is 0.129 e. The molecule has 0 spiro atoms. The first kappa shape index (κ1) is 13.0. The Morgan fingerprint density at radius 2 is 1.72 bits per heavy atom. The second kappa shape index (κ2) is 5.48. The van der Waals surface area contributed by atoms with Crippen molar-refractivity contribution >= 4 is 21.6 Å². The lowest BCUT2D eigenvalue weighted by Crippen LogP contribution is -2.08. The van der Waals surface area contributed by atoms with Crippen molar-refractivity contribution in [3.05, 3.63) is 64.1 Å². The van der Waals surface area contributed by atoms with Crippen LogP contribution < -0.4 is 5.32 Å². The molecule has 0 aliphatic rings. The van der Waals surface area contributed by atoms with Crippen LogP contribution in [-0.4, -0.2) is 0 Å². The molecule has 2 rings (SSSR count). The van der Waals surface area contributed by atoms with Gasteiger partial charge in [-0.2, -0.15) is 0 Å². The van der Waals surface area contributed by atoms with Gasteiger partial charge in [-0.05, 0) is 43.3 Å². The number of halogens is 3. The predicted molar refractivity (Wildman–Crippen MR) is 72.5 cm³/mol. The third-order valence-corrected chi connectivity index (χ3v) is 3.15. The Morgan fingerprint density at radius 1 is 1.06 bits per heavy atom. The molecule has 18 heavy (non-hydrogen) atoms. The Balaban J connectivity index is 2.16. The lowest BCUT2D eigenvalue weighted by molar-refractivity contribution is 0.599. The smallest absolute Gasteiger partial charge is 0.129 e. The third-order valence-electron chi connectivity index (χ3n) is 2.66. The van der Waals surface area contributed by atoms with Gasteiger partial charge in [-0.25, -0.2) is 8.78 Å². The van der Waals surface area contributed by atoms with E-state index in [9.17, 15) is 8.78 Å². The van der Waals surface area contributed by atoms with Gasteiger partial charge in [0.05, 0.1) is 6.04 Å². The van der Waals surface area contributed by atoms with Crippen molar-refractivity contribution in [2.75, 3.05) is 5.32 Å². The summed E-state index contributed by atoms with van der Waals surface area (Å²) in [6.07, 6.45) is 0. The van der Waals surface area contributed by atoms with E-state index in [-0.39, 0.29) is 17.7 Å². The number of anilines is 1. The van der Waals surface area contributed by atoms with Gasteiger partial charge in [0.1, 0.15) is 11.6 Å². The molecule has 1 nitrogen and oxygen atoms in total. The van der Waals surface area contributed by atoms with Gasteiger partial charge in [-0.3, -0.25) is 0 Å². The Bertz CT molecular complexity index is 540. The molecule has 0 bridgehead atoms. The van der Waals surface area contributed by atoms with Gasteiger partial charge in [-0.15, -0.1) is 0 Å². The van der Waals surface area contributed by atoms with Crippen molar-refractivity contribution < 1.29 is 8.78 Å². The van der Waals surface area contributed by atoms with Crippen LogP contribution in [0.3, 0.4) is 0 Å². The van der Waals surface area contributed by atoms with Crippen LogP contribution in [-0.2, 0) is 0 Å². The summed E-state index contributed by atoms with van der Waals surface area (Å²) in [5, 5.41) is 3.12. The van der Waals surface area contributed by atoms with Crippen LogP contribution in [0.25, 0.3) is 0 Å². The number of benzene rings is 2. The SMILES string of the molecule is CC(Nc1ccc(F)cc1)c1ccc(Br)cc1F. The molecule has 94 valence electrons. The molecule has 0 saturated carbocycles. The topological polar surface area (TPSA) is 12.0 Å². The number of rotatable bonds is 3. The summed E-state index contributed by atoms with van der Waals surface area (Å²) in [5.74, 6) is -0.561. The Labute approximate surface area is 113 Å². The van der Waals surface area contributed by atoms with E-state index in [2.05, 4.69) is 21.2 Å². The Kier molecular flexibility index (Phi) is 3.97. The normalized spacial score (nSPS) is 12.2. The van der Waals surface area contributed by atoms with Gasteiger partial charge in [0, 0.05) is 15.7 Å². The highest BCUT2D eigenvalue weighted by atomic mass is 79.9. The molecule has 1 unspecified atom stereocenters. The summed E-state index contributed by atoms with van der Waals surface area (Å²) in [6.45, 7) is 1.86. The average Bonchev–Trinajstić information content (AvgIpc) is 2.32. The second-order valence-electron chi connectivity index (χ2n) is 4.04. The number of nitrogens with one attached hydrogen (secondary N) is 1. The summed E-state index contributed by atoms with van der Waals surface area (Å²) in [7, 11) is 0. The van der Waals surface area contributed by atoms with E-state index in [0.717, 1.165) is 5.69 Å². The molecular formula is C14H12BrF2N. The van der Waals surface area contributed by atoms with Crippen molar-refractivity contribution in [2.24, 2.45) is 0 Å². The number of hydrogen-bond donors (Lipinski definition) is 1. The van der Waals surface area contributed by atoms with Crippen LogP contribution in [0.15, 0.2) is 46.9 Å². The maximum absolute atomic E-state index is 13.7. The zero-order valence-corrected chi connectivity index (χ0v) is 11.3. The fourth-order valence-electron chi connectivity index (χ4n) is 1.73. The van der Waals surface area contributed by atoms with E-state index >= 15 is 0 Å². The van der Waals surface area contributed by atoms with E-state index in [0.29, 0.717) is 10.0 Å². The Hall–Kier alpha value is -1.42. The molecule has 1 atom stereocenters. The zero-order valence-electron chi connectivity index (χ0n) is 9.75. The van der Waals surface area contributed by atoms with Crippen LogP contribution in [0.4, 0.5) is 14.5 Å². The lowest BCUT2D eigenvalue weighted by Gasteiger charge is -2.16. The quantitative estimate of drug-likeness (QED) is 0.850. The molecule has 2 aromatic carbocycles. The van der Waals surface area contributed by atoms with Crippen molar-refractivity contribution in [3.8, 4) is 0 Å². The molecule has 0 heterocycles. The predicted octanol–water partition coefficient (Wildman–Crippen LogP) is 4.90. The molecular weight excluding hydrogens is 300 g/mol. The van der Waals surface area contributed by atoms with Crippen molar-refractivity contribution in [1.29, 1.82) is 0 Å². The summed E-state index contributed by atoms with van der Waals surface area (Å²) in [5.41, 5.74) is 1.33. The van der Waals surface area contributed by atoms with E-state index < -0.39 is 0 Å². The number of hydrogen-bond acceptors (Lipinski definition) is 1. The van der Waals surface area contributed by atoms with Crippen LogP contribution in [0.2, 0.25) is 0 Å². The van der Waals surface area contributed by atoms with E-state index in [1.807, 2.05) is 6.92 Å². The second-order valence-corrected chi connectivity index (χ2v) is 4.95. The molecule has 0 radical (unpaired) electrons. The molecule has 0 aromatic heterocycles. The molecule has 0 fully saturated rings. The molecule has 0 aliphatic heterocycles. The van der Waals surface area contributed by atoms with Crippen LogP contribution in [0.1, 0.15) is 18.5 Å². The van der Waals surface area contributed by atoms with Crippen molar-refractivity contribution in [2.45, 2.75) is 13.0 Å². The van der Waals surface area contributed by atoms with Gasteiger partial charge >= 0.3 is 0 Å². The minimum absolute atomic E-state index is 0.191. The largest absolute Gasteiger partial charge is 0.378 e. The highest BCUT2D eigenvalue weighted by Gasteiger charge is 2.10. The van der Waals surface area contributed by atoms with E-state index in [1.54, 1.807) is 24.3 Å². The molecule has 1 N–H and O–H groups in total. The molecule has 0 saturated heterocycles. The van der Waals surface area contributed by atoms with Gasteiger partial charge in [0.15, 0.2) is 0 Å². The minimum atomic E-state index is -0.289. The lowest BCUT2D eigenvalue weighted by atomic mass is 10.1. The summed E-state index contributed by atoms with van der Waals surface area (Å²) >= 11 is 3.22. The zero-order chi connectivity index (χ0) is 13.1. The monoisotopic (exact) mass is 311 g/mol. The fraction of sp³-hybridized carbons (Fsp3) is 0.143. The van der Waals surface area contributed by atoms with Gasteiger partial charge in [0.25, 0.3) is 0 Å². The standard InChI is InChI=1S/C14H12BrF2N/c1-9(13-7-2-10(15)8-14(13)17)18-12-5-3-11(16)4-6-12/h2-9,18H,1H3. The first-order valence-electron chi connectivity index (χ1n) is 5.53. The maximum atomic E-state index is 13.7. The van der Waals surface area contributed by atoms with Crippen LogP contribution in [0, 0.1) is 11.6 Å². The van der Waals surface area contributed by atoms with Gasteiger partial charge < -0.3 is 5.32 Å². The fourth-order valence-corrected chi connectivity index (χ4v) is 2.06. The third kappa shape index (κ3) is 3.07. The first-order valence-corrected chi connectivity index (χ1v) is 6.32. The first-order chi connectivity index (χ1) is 8.56. The van der Waals surface area contributed by atoms with E-state index in [4.69, 9.17) is 0 Å². The summed E-state index contributed by atoms with van der Waals surface area (Å²) < 4.78 is 27.2. The highest BCUT2D eigenvalue weighted by molar-refractivity contribution is 9.10. The summed E-state index contributed by atoms with van der Waals surface area (Å²) in [6, 6.07) is 10.7. The molecule has 2 aromatic rings. The average molecular weight is 312 g/mol. The molecule has 4 heteroatoms.